The van der Waals surface area contributed by atoms with Crippen molar-refractivity contribution in [3.63, 3.8) is 0 Å². The molecule has 4 heterocycles. The smallest absolute Gasteiger partial charge is 0.267 e. The number of amides is 1. The van der Waals surface area contributed by atoms with E-state index in [9.17, 15) is 14.7 Å². The number of benzene rings is 1. The average molecular weight is 554 g/mol. The minimum atomic E-state index is -0.619. The van der Waals surface area contributed by atoms with Gasteiger partial charge in [-0.05, 0) is 36.2 Å². The van der Waals surface area contributed by atoms with E-state index >= 15 is 0 Å². The van der Waals surface area contributed by atoms with Gasteiger partial charge in [0, 0.05) is 23.5 Å². The summed E-state index contributed by atoms with van der Waals surface area (Å²) in [5.74, 6) is -0.0267. The monoisotopic (exact) mass is 553 g/mol. The van der Waals surface area contributed by atoms with Crippen LogP contribution in [0.2, 0.25) is 5.02 Å². The normalized spacial score (nSPS) is 11.3. The van der Waals surface area contributed by atoms with E-state index < -0.39 is 5.91 Å². The largest absolute Gasteiger partial charge is 0.395 e. The van der Waals surface area contributed by atoms with Crippen molar-refractivity contribution >= 4 is 62.4 Å². The summed E-state index contributed by atoms with van der Waals surface area (Å²) in [6.07, 6.45) is 1.60. The van der Waals surface area contributed by atoms with Crippen LogP contribution < -0.4 is 16.4 Å². The number of aromatic nitrogens is 5. The Bertz CT molecular complexity index is 1780. The summed E-state index contributed by atoms with van der Waals surface area (Å²) in [7, 11) is 0. The van der Waals surface area contributed by atoms with Crippen molar-refractivity contribution in [2.24, 2.45) is 0 Å². The maximum absolute atomic E-state index is 13.3. The van der Waals surface area contributed by atoms with Gasteiger partial charge in [-0.1, -0.05) is 59.0 Å². The molecule has 0 spiro atoms. The highest BCUT2D eigenvalue weighted by Gasteiger charge is 2.19. The second kappa shape index (κ2) is 10.4. The molecular formula is C24H20ClN7O3S2. The zero-order valence-corrected chi connectivity index (χ0v) is 21.8. The van der Waals surface area contributed by atoms with Gasteiger partial charge >= 0.3 is 0 Å². The van der Waals surface area contributed by atoms with E-state index in [0.717, 1.165) is 11.1 Å². The first-order chi connectivity index (χ1) is 17.9. The number of hydrogen-bond acceptors (Lipinski definition) is 9. The lowest BCUT2D eigenvalue weighted by molar-refractivity contribution is 0.102. The van der Waals surface area contributed by atoms with Crippen molar-refractivity contribution in [3.8, 4) is 0 Å². The minimum absolute atomic E-state index is 0.00735. The second-order valence-electron chi connectivity index (χ2n) is 8.03. The van der Waals surface area contributed by atoms with Crippen molar-refractivity contribution in [1.82, 2.24) is 24.1 Å². The number of nitrogens with zero attached hydrogens (tertiary/aromatic N) is 5. The quantitative estimate of drug-likeness (QED) is 0.159. The number of aryl methyl sites for hydroxylation is 1. The summed E-state index contributed by atoms with van der Waals surface area (Å²) < 4.78 is 3.40. The van der Waals surface area contributed by atoms with Crippen LogP contribution >= 0.6 is 34.7 Å². The third-order valence-corrected chi connectivity index (χ3v) is 8.03. The summed E-state index contributed by atoms with van der Waals surface area (Å²) in [4.78, 5) is 31.0. The standard InChI is InChI=1S/C24H20ClN7O3S2/c1-13-5-4-8-32-19(13)27-20-16(22(32)35)11-15(18(26)31(20)9-10-33)21(34)28-23-29-30-24(37-23)36-12-14-6-2-3-7-17(14)25/h2-8,11,26,33H,9-10,12H2,1H3,(H,28,29,34). The number of rotatable bonds is 7. The van der Waals surface area contributed by atoms with Crippen LogP contribution in [0, 0.1) is 12.3 Å². The van der Waals surface area contributed by atoms with Crippen LogP contribution in [0.25, 0.3) is 16.7 Å². The molecule has 5 rings (SSSR count). The molecule has 1 aromatic carbocycles. The fraction of sp³-hybridized carbons (Fsp3) is 0.167. The summed E-state index contributed by atoms with van der Waals surface area (Å²) >= 11 is 8.84. The van der Waals surface area contributed by atoms with E-state index in [1.807, 2.05) is 37.3 Å². The molecule has 0 radical (unpaired) electrons. The Kier molecular flexibility index (Phi) is 7.07. The van der Waals surface area contributed by atoms with Gasteiger partial charge in [-0.25, -0.2) is 4.98 Å². The van der Waals surface area contributed by atoms with Crippen molar-refractivity contribution in [2.45, 2.75) is 23.6 Å². The lowest BCUT2D eigenvalue weighted by atomic mass is 10.2. The van der Waals surface area contributed by atoms with Crippen LogP contribution in [-0.4, -0.2) is 41.8 Å². The van der Waals surface area contributed by atoms with Gasteiger partial charge in [0.05, 0.1) is 17.6 Å². The van der Waals surface area contributed by atoms with Crippen molar-refractivity contribution in [1.29, 1.82) is 5.41 Å². The van der Waals surface area contributed by atoms with Crippen molar-refractivity contribution in [2.75, 3.05) is 11.9 Å². The van der Waals surface area contributed by atoms with E-state index in [-0.39, 0.29) is 45.9 Å². The van der Waals surface area contributed by atoms with Gasteiger partial charge < -0.3 is 9.67 Å². The number of nitrogens with one attached hydrogen (secondary N) is 2. The molecule has 0 aliphatic rings. The number of aliphatic hydroxyl groups is 1. The van der Waals surface area contributed by atoms with E-state index in [2.05, 4.69) is 20.5 Å². The molecule has 188 valence electrons. The number of halogens is 1. The number of hydrogen-bond donors (Lipinski definition) is 3. The van der Waals surface area contributed by atoms with Gasteiger partial charge in [0.2, 0.25) is 5.13 Å². The first-order valence-corrected chi connectivity index (χ1v) is 13.3. The van der Waals surface area contributed by atoms with Gasteiger partial charge in [-0.2, -0.15) is 0 Å². The fourth-order valence-electron chi connectivity index (χ4n) is 3.83. The average Bonchev–Trinajstić information content (AvgIpc) is 3.33. The van der Waals surface area contributed by atoms with Crippen LogP contribution in [0.3, 0.4) is 0 Å². The molecule has 0 aliphatic heterocycles. The van der Waals surface area contributed by atoms with Gasteiger partial charge in [-0.3, -0.25) is 24.7 Å². The molecule has 13 heteroatoms. The van der Waals surface area contributed by atoms with Crippen LogP contribution in [0.4, 0.5) is 5.13 Å². The number of carbonyl (C=O) groups excluding carboxylic acids is 1. The van der Waals surface area contributed by atoms with Crippen LogP contribution in [0.5, 0.6) is 0 Å². The number of aliphatic hydroxyl groups excluding tert-OH is 1. The topological polar surface area (TPSA) is 138 Å². The molecule has 10 nitrogen and oxygen atoms in total. The number of carbonyl (C=O) groups is 1. The summed E-state index contributed by atoms with van der Waals surface area (Å²) in [5.41, 5.74) is 1.81. The molecule has 0 atom stereocenters. The SMILES string of the molecule is Cc1cccn2c(=O)c3cc(C(=O)Nc4nnc(SCc5ccccc5Cl)s4)c(=N)n(CCO)c3nc12. The number of anilines is 1. The van der Waals surface area contributed by atoms with Crippen molar-refractivity contribution in [3.05, 3.63) is 86.2 Å². The van der Waals surface area contributed by atoms with Gasteiger partial charge in [0.1, 0.15) is 16.8 Å². The molecule has 0 saturated heterocycles. The number of fused-ring (bicyclic) bond motifs is 2. The maximum Gasteiger partial charge on any atom is 0.267 e. The highest BCUT2D eigenvalue weighted by molar-refractivity contribution is 8.00. The Balaban J connectivity index is 1.47. The van der Waals surface area contributed by atoms with Gasteiger partial charge in [0.15, 0.2) is 4.34 Å². The number of thioether (sulfide) groups is 1. The Labute approximate surface area is 223 Å². The molecule has 37 heavy (non-hydrogen) atoms. The Morgan fingerprint density at radius 2 is 2.03 bits per heavy atom. The van der Waals surface area contributed by atoms with Gasteiger partial charge in [0.25, 0.3) is 11.5 Å². The summed E-state index contributed by atoms with van der Waals surface area (Å²) in [6, 6.07) is 12.4. The molecule has 0 saturated carbocycles. The first kappa shape index (κ1) is 25.1. The maximum atomic E-state index is 13.3. The minimum Gasteiger partial charge on any atom is -0.395 e. The van der Waals surface area contributed by atoms with Crippen LogP contribution in [0.1, 0.15) is 21.5 Å². The molecule has 0 bridgehead atoms. The zero-order chi connectivity index (χ0) is 26.1. The van der Waals surface area contributed by atoms with Crippen LogP contribution in [0.15, 0.2) is 57.8 Å². The van der Waals surface area contributed by atoms with E-state index in [1.165, 1.54) is 38.1 Å². The first-order valence-electron chi connectivity index (χ1n) is 11.1. The molecule has 1 amide bonds. The second-order valence-corrected chi connectivity index (χ2v) is 10.6. The van der Waals surface area contributed by atoms with Gasteiger partial charge in [-0.15, -0.1) is 10.2 Å². The third-order valence-electron chi connectivity index (χ3n) is 5.64. The fourth-order valence-corrected chi connectivity index (χ4v) is 5.86. The van der Waals surface area contributed by atoms with Crippen LogP contribution in [-0.2, 0) is 12.3 Å². The van der Waals surface area contributed by atoms with E-state index in [0.29, 0.717) is 20.8 Å². The Morgan fingerprint density at radius 1 is 1.22 bits per heavy atom. The predicted molar refractivity (Wildman–Crippen MR) is 144 cm³/mol. The zero-order valence-electron chi connectivity index (χ0n) is 19.4. The molecule has 0 aliphatic carbocycles. The molecule has 4 aromatic heterocycles. The lowest BCUT2D eigenvalue weighted by Crippen LogP contribution is -2.33. The van der Waals surface area contributed by atoms with E-state index in [1.54, 1.807) is 12.3 Å². The summed E-state index contributed by atoms with van der Waals surface area (Å²) in [6.45, 7) is 1.52. The third kappa shape index (κ3) is 4.88. The molecule has 0 fully saturated rings. The molecule has 5 aromatic rings. The van der Waals surface area contributed by atoms with Crippen molar-refractivity contribution < 1.29 is 9.90 Å². The summed E-state index contributed by atoms with van der Waals surface area (Å²) in [5, 5.41) is 30.1. The van der Waals surface area contributed by atoms with E-state index in [4.69, 9.17) is 17.0 Å². The highest BCUT2D eigenvalue weighted by Crippen LogP contribution is 2.30. The Hall–Kier alpha value is -3.58. The highest BCUT2D eigenvalue weighted by atomic mass is 35.5. The molecular weight excluding hydrogens is 534 g/mol. The number of pyridine rings is 2. The lowest BCUT2D eigenvalue weighted by Gasteiger charge is -2.14. The molecule has 0 unspecified atom stereocenters. The Morgan fingerprint density at radius 3 is 2.81 bits per heavy atom. The molecule has 3 N–H and O–H groups in total. The predicted octanol–water partition coefficient (Wildman–Crippen LogP) is 3.48.